The number of rotatable bonds is 7. The van der Waals surface area contributed by atoms with E-state index in [9.17, 15) is 9.59 Å². The summed E-state index contributed by atoms with van der Waals surface area (Å²) in [5.74, 6) is -0.796. The number of carboxylic acids is 1. The standard InChI is InChI=1S/C12H22N2O3/c1-2-3-4-8-13-11(17)14-9-12(10(15)16)6-5-7-12/h2-9H2,1H3,(H,15,16)(H2,13,14,17). The van der Waals surface area contributed by atoms with Crippen LogP contribution in [0.5, 0.6) is 0 Å². The highest BCUT2D eigenvalue weighted by Crippen LogP contribution is 2.40. The van der Waals surface area contributed by atoms with E-state index < -0.39 is 11.4 Å². The van der Waals surface area contributed by atoms with Gasteiger partial charge in [-0.15, -0.1) is 0 Å². The van der Waals surface area contributed by atoms with Gasteiger partial charge < -0.3 is 15.7 Å². The second-order valence-corrected chi connectivity index (χ2v) is 4.76. The molecular formula is C12H22N2O3. The van der Waals surface area contributed by atoms with Crippen molar-refractivity contribution in [2.45, 2.75) is 45.4 Å². The quantitative estimate of drug-likeness (QED) is 0.595. The smallest absolute Gasteiger partial charge is 0.314 e. The van der Waals surface area contributed by atoms with Gasteiger partial charge in [-0.3, -0.25) is 4.79 Å². The fraction of sp³-hybridized carbons (Fsp3) is 0.833. The van der Waals surface area contributed by atoms with Crippen LogP contribution in [0, 0.1) is 5.41 Å². The van der Waals surface area contributed by atoms with Gasteiger partial charge in [0.2, 0.25) is 0 Å². The lowest BCUT2D eigenvalue weighted by Crippen LogP contribution is -2.49. The van der Waals surface area contributed by atoms with Crippen molar-refractivity contribution in [3.8, 4) is 0 Å². The molecule has 0 atom stereocenters. The molecule has 0 aliphatic heterocycles. The number of hydrogen-bond donors (Lipinski definition) is 3. The van der Waals surface area contributed by atoms with Gasteiger partial charge in [-0.1, -0.05) is 26.2 Å². The molecule has 1 saturated carbocycles. The normalized spacial score (nSPS) is 17.0. The minimum atomic E-state index is -0.796. The number of unbranched alkanes of at least 4 members (excludes halogenated alkanes) is 2. The van der Waals surface area contributed by atoms with Gasteiger partial charge in [0.25, 0.3) is 0 Å². The third-order valence-electron chi connectivity index (χ3n) is 3.42. The van der Waals surface area contributed by atoms with Crippen LogP contribution in [0.2, 0.25) is 0 Å². The summed E-state index contributed by atoms with van der Waals surface area (Å²) >= 11 is 0. The molecule has 0 heterocycles. The fourth-order valence-electron chi connectivity index (χ4n) is 1.96. The van der Waals surface area contributed by atoms with Gasteiger partial charge in [0.1, 0.15) is 0 Å². The van der Waals surface area contributed by atoms with Crippen LogP contribution in [0.15, 0.2) is 0 Å². The minimum Gasteiger partial charge on any atom is -0.481 e. The van der Waals surface area contributed by atoms with E-state index in [4.69, 9.17) is 5.11 Å². The Morgan fingerprint density at radius 1 is 1.24 bits per heavy atom. The minimum absolute atomic E-state index is 0.238. The molecule has 0 bridgehead atoms. The number of carbonyl (C=O) groups excluding carboxylic acids is 1. The lowest BCUT2D eigenvalue weighted by atomic mass is 9.69. The maximum absolute atomic E-state index is 11.4. The van der Waals surface area contributed by atoms with Gasteiger partial charge >= 0.3 is 12.0 Å². The molecule has 1 rings (SSSR count). The summed E-state index contributed by atoms with van der Waals surface area (Å²) in [5, 5.41) is 14.5. The summed E-state index contributed by atoms with van der Waals surface area (Å²) in [4.78, 5) is 22.4. The average Bonchev–Trinajstić information content (AvgIpc) is 2.22. The largest absolute Gasteiger partial charge is 0.481 e. The summed E-state index contributed by atoms with van der Waals surface area (Å²) in [6.45, 7) is 3.00. The van der Waals surface area contributed by atoms with Crippen molar-refractivity contribution in [1.82, 2.24) is 10.6 Å². The van der Waals surface area contributed by atoms with E-state index >= 15 is 0 Å². The molecule has 0 aromatic heterocycles. The third-order valence-corrected chi connectivity index (χ3v) is 3.42. The first-order valence-corrected chi connectivity index (χ1v) is 6.36. The Hall–Kier alpha value is -1.26. The fourth-order valence-corrected chi connectivity index (χ4v) is 1.96. The van der Waals surface area contributed by atoms with Crippen LogP contribution in [0.3, 0.4) is 0 Å². The Morgan fingerprint density at radius 2 is 1.94 bits per heavy atom. The average molecular weight is 242 g/mol. The van der Waals surface area contributed by atoms with E-state index in [2.05, 4.69) is 17.6 Å². The number of carbonyl (C=O) groups is 2. The van der Waals surface area contributed by atoms with Crippen molar-refractivity contribution in [3.05, 3.63) is 0 Å². The van der Waals surface area contributed by atoms with E-state index in [-0.39, 0.29) is 12.6 Å². The molecule has 0 saturated heterocycles. The Kier molecular flexibility index (Phi) is 5.25. The second kappa shape index (κ2) is 6.47. The summed E-state index contributed by atoms with van der Waals surface area (Å²) in [6, 6.07) is -0.256. The SMILES string of the molecule is CCCCCNC(=O)NCC1(C(=O)O)CCC1. The van der Waals surface area contributed by atoms with Gasteiger partial charge in [-0.2, -0.15) is 0 Å². The Labute approximate surface area is 102 Å². The number of carboxylic acid groups (broad SMARTS) is 1. The molecule has 1 fully saturated rings. The number of amides is 2. The molecule has 98 valence electrons. The predicted molar refractivity (Wildman–Crippen MR) is 64.8 cm³/mol. The van der Waals surface area contributed by atoms with Crippen molar-refractivity contribution in [2.75, 3.05) is 13.1 Å². The summed E-state index contributed by atoms with van der Waals surface area (Å²) in [5.41, 5.74) is -0.708. The van der Waals surface area contributed by atoms with Crippen LogP contribution in [0.1, 0.15) is 45.4 Å². The molecule has 5 heteroatoms. The van der Waals surface area contributed by atoms with Crippen LogP contribution < -0.4 is 10.6 Å². The van der Waals surface area contributed by atoms with Crippen molar-refractivity contribution >= 4 is 12.0 Å². The molecule has 0 aromatic rings. The van der Waals surface area contributed by atoms with Gasteiger partial charge in [0.05, 0.1) is 5.41 Å². The van der Waals surface area contributed by atoms with E-state index in [1.807, 2.05) is 0 Å². The first-order valence-electron chi connectivity index (χ1n) is 6.36. The van der Waals surface area contributed by atoms with Gasteiger partial charge in [0, 0.05) is 13.1 Å². The summed E-state index contributed by atoms with van der Waals surface area (Å²) < 4.78 is 0. The topological polar surface area (TPSA) is 78.4 Å². The molecule has 5 nitrogen and oxygen atoms in total. The first-order chi connectivity index (χ1) is 8.10. The lowest BCUT2D eigenvalue weighted by molar-refractivity contribution is -0.153. The zero-order valence-electron chi connectivity index (χ0n) is 10.4. The van der Waals surface area contributed by atoms with E-state index in [0.717, 1.165) is 25.7 Å². The van der Waals surface area contributed by atoms with Crippen molar-refractivity contribution in [1.29, 1.82) is 0 Å². The second-order valence-electron chi connectivity index (χ2n) is 4.76. The zero-order chi connectivity index (χ0) is 12.7. The lowest BCUT2D eigenvalue weighted by Gasteiger charge is -2.37. The number of hydrogen-bond acceptors (Lipinski definition) is 2. The summed E-state index contributed by atoms with van der Waals surface area (Å²) in [6.07, 6.45) is 5.45. The van der Waals surface area contributed by atoms with Crippen LogP contribution in [0.25, 0.3) is 0 Å². The highest BCUT2D eigenvalue weighted by atomic mass is 16.4. The van der Waals surface area contributed by atoms with Crippen LogP contribution in [-0.2, 0) is 4.79 Å². The predicted octanol–water partition coefficient (Wildman–Crippen LogP) is 1.73. The number of aliphatic carboxylic acids is 1. The Bertz CT molecular complexity index is 275. The van der Waals surface area contributed by atoms with Crippen LogP contribution in [0.4, 0.5) is 4.79 Å². The molecule has 1 aliphatic carbocycles. The molecule has 2 amide bonds. The monoisotopic (exact) mass is 242 g/mol. The van der Waals surface area contributed by atoms with Crippen LogP contribution >= 0.6 is 0 Å². The summed E-state index contributed by atoms with van der Waals surface area (Å²) in [7, 11) is 0. The zero-order valence-corrected chi connectivity index (χ0v) is 10.4. The van der Waals surface area contributed by atoms with Crippen molar-refractivity contribution in [3.63, 3.8) is 0 Å². The molecule has 17 heavy (non-hydrogen) atoms. The molecule has 0 radical (unpaired) electrons. The number of nitrogens with one attached hydrogen (secondary N) is 2. The van der Waals surface area contributed by atoms with E-state index in [1.165, 1.54) is 0 Å². The molecule has 0 aromatic carbocycles. The maximum Gasteiger partial charge on any atom is 0.314 e. The van der Waals surface area contributed by atoms with Gasteiger partial charge in [-0.05, 0) is 19.3 Å². The van der Waals surface area contributed by atoms with Crippen molar-refractivity contribution < 1.29 is 14.7 Å². The van der Waals surface area contributed by atoms with E-state index in [0.29, 0.717) is 19.4 Å². The van der Waals surface area contributed by atoms with E-state index in [1.54, 1.807) is 0 Å². The highest BCUT2D eigenvalue weighted by Gasteiger charge is 2.44. The molecule has 0 unspecified atom stereocenters. The number of urea groups is 1. The third kappa shape index (κ3) is 3.91. The van der Waals surface area contributed by atoms with Gasteiger partial charge in [0.15, 0.2) is 0 Å². The Morgan fingerprint density at radius 3 is 2.41 bits per heavy atom. The maximum atomic E-state index is 11.4. The molecule has 3 N–H and O–H groups in total. The van der Waals surface area contributed by atoms with Crippen LogP contribution in [-0.4, -0.2) is 30.2 Å². The molecule has 1 aliphatic rings. The van der Waals surface area contributed by atoms with Gasteiger partial charge in [-0.25, -0.2) is 4.79 Å². The molecule has 0 spiro atoms. The first kappa shape index (κ1) is 13.8. The molecular weight excluding hydrogens is 220 g/mol. The highest BCUT2D eigenvalue weighted by molar-refractivity contribution is 5.78. The Balaban J connectivity index is 2.16. The van der Waals surface area contributed by atoms with Crippen molar-refractivity contribution in [2.24, 2.45) is 5.41 Å².